The molecule has 102 valence electrons. The Morgan fingerprint density at radius 2 is 2.00 bits per heavy atom. The van der Waals surface area contributed by atoms with Gasteiger partial charge in [0.1, 0.15) is 0 Å². The fraction of sp³-hybridized carbons (Fsp3) is 0.333. The molecule has 0 N–H and O–H groups in total. The van der Waals surface area contributed by atoms with E-state index >= 15 is 0 Å². The standard InChI is InChI=1S/C18H19NO/c20-18(11-10-14-5-4-12-19-13-14)17-9-2-1-8-16(17)15-6-3-7-15/h1-2,4-5,8-9,12-13,15H,3,6-7,10-11H2. The second kappa shape index (κ2) is 6.00. The van der Waals surface area contributed by atoms with Crippen LogP contribution in [0, 0.1) is 0 Å². The topological polar surface area (TPSA) is 30.0 Å². The molecule has 1 aromatic heterocycles. The van der Waals surface area contributed by atoms with Crippen molar-refractivity contribution in [2.45, 2.75) is 38.0 Å². The van der Waals surface area contributed by atoms with Crippen molar-refractivity contribution < 1.29 is 4.79 Å². The summed E-state index contributed by atoms with van der Waals surface area (Å²) in [4.78, 5) is 16.6. The number of rotatable bonds is 5. The van der Waals surface area contributed by atoms with Crippen LogP contribution in [-0.2, 0) is 6.42 Å². The summed E-state index contributed by atoms with van der Waals surface area (Å²) in [5, 5.41) is 0. The molecule has 1 fully saturated rings. The van der Waals surface area contributed by atoms with Gasteiger partial charge in [-0.15, -0.1) is 0 Å². The van der Waals surface area contributed by atoms with Crippen LogP contribution in [0.3, 0.4) is 0 Å². The number of nitrogens with zero attached hydrogens (tertiary/aromatic N) is 1. The highest BCUT2D eigenvalue weighted by atomic mass is 16.1. The zero-order chi connectivity index (χ0) is 13.8. The third-order valence-electron chi connectivity index (χ3n) is 4.17. The van der Waals surface area contributed by atoms with Gasteiger partial charge in [-0.3, -0.25) is 9.78 Å². The smallest absolute Gasteiger partial charge is 0.163 e. The molecule has 1 aliphatic carbocycles. The van der Waals surface area contributed by atoms with Crippen LogP contribution in [0.25, 0.3) is 0 Å². The first-order valence-electron chi connectivity index (χ1n) is 7.35. The van der Waals surface area contributed by atoms with E-state index in [0.29, 0.717) is 12.3 Å². The van der Waals surface area contributed by atoms with Gasteiger partial charge in [-0.2, -0.15) is 0 Å². The largest absolute Gasteiger partial charge is 0.294 e. The van der Waals surface area contributed by atoms with Gasteiger partial charge in [0.2, 0.25) is 0 Å². The van der Waals surface area contributed by atoms with E-state index in [0.717, 1.165) is 17.5 Å². The normalized spacial score (nSPS) is 14.8. The number of hydrogen-bond acceptors (Lipinski definition) is 2. The first-order valence-corrected chi connectivity index (χ1v) is 7.35. The number of aryl methyl sites for hydroxylation is 1. The van der Waals surface area contributed by atoms with Gasteiger partial charge in [-0.25, -0.2) is 0 Å². The number of carbonyl (C=O) groups excluding carboxylic acids is 1. The van der Waals surface area contributed by atoms with Crippen LogP contribution in [-0.4, -0.2) is 10.8 Å². The first-order chi connectivity index (χ1) is 9.84. The van der Waals surface area contributed by atoms with E-state index in [2.05, 4.69) is 11.1 Å². The Bertz CT molecular complexity index is 587. The van der Waals surface area contributed by atoms with Crippen molar-refractivity contribution in [1.29, 1.82) is 0 Å². The molecule has 2 heteroatoms. The van der Waals surface area contributed by atoms with E-state index in [1.54, 1.807) is 6.20 Å². The van der Waals surface area contributed by atoms with Crippen LogP contribution in [0.15, 0.2) is 48.8 Å². The van der Waals surface area contributed by atoms with E-state index in [1.165, 1.54) is 24.8 Å². The molecule has 1 heterocycles. The highest BCUT2D eigenvalue weighted by Crippen LogP contribution is 2.38. The molecule has 20 heavy (non-hydrogen) atoms. The lowest BCUT2D eigenvalue weighted by Gasteiger charge is -2.27. The summed E-state index contributed by atoms with van der Waals surface area (Å²) in [5.41, 5.74) is 3.32. The molecule has 0 radical (unpaired) electrons. The van der Waals surface area contributed by atoms with Crippen molar-refractivity contribution in [3.05, 3.63) is 65.5 Å². The van der Waals surface area contributed by atoms with Crippen LogP contribution >= 0.6 is 0 Å². The maximum absolute atomic E-state index is 12.5. The van der Waals surface area contributed by atoms with Crippen molar-refractivity contribution in [2.24, 2.45) is 0 Å². The zero-order valence-corrected chi connectivity index (χ0v) is 11.6. The van der Waals surface area contributed by atoms with Crippen LogP contribution in [0.5, 0.6) is 0 Å². The lowest BCUT2D eigenvalue weighted by Crippen LogP contribution is -2.14. The van der Waals surface area contributed by atoms with Crippen LogP contribution in [0.2, 0.25) is 0 Å². The Balaban J connectivity index is 1.71. The number of Topliss-reactive ketones (excluding diaryl/α,β-unsaturated/α-hetero) is 1. The number of carbonyl (C=O) groups is 1. The van der Waals surface area contributed by atoms with Crippen molar-refractivity contribution in [3.8, 4) is 0 Å². The van der Waals surface area contributed by atoms with Crippen molar-refractivity contribution >= 4 is 5.78 Å². The summed E-state index contributed by atoms with van der Waals surface area (Å²) in [5.74, 6) is 0.866. The summed E-state index contributed by atoms with van der Waals surface area (Å²) in [6, 6.07) is 12.1. The number of ketones is 1. The minimum absolute atomic E-state index is 0.261. The van der Waals surface area contributed by atoms with Gasteiger partial charge in [0.25, 0.3) is 0 Å². The minimum atomic E-state index is 0.261. The molecule has 1 saturated carbocycles. The Hall–Kier alpha value is -1.96. The third kappa shape index (κ3) is 2.79. The maximum Gasteiger partial charge on any atom is 0.163 e. The lowest BCUT2D eigenvalue weighted by atomic mass is 9.77. The van der Waals surface area contributed by atoms with E-state index in [9.17, 15) is 4.79 Å². The Kier molecular flexibility index (Phi) is 3.91. The molecule has 0 aliphatic heterocycles. The van der Waals surface area contributed by atoms with E-state index < -0.39 is 0 Å². The second-order valence-electron chi connectivity index (χ2n) is 5.50. The van der Waals surface area contributed by atoms with Gasteiger partial charge < -0.3 is 0 Å². The molecule has 0 atom stereocenters. The molecule has 0 saturated heterocycles. The fourth-order valence-electron chi connectivity index (χ4n) is 2.76. The molecule has 1 aromatic carbocycles. The molecule has 3 rings (SSSR count). The molecule has 1 aliphatic rings. The predicted molar refractivity (Wildman–Crippen MR) is 79.9 cm³/mol. The van der Waals surface area contributed by atoms with E-state index in [-0.39, 0.29) is 5.78 Å². The van der Waals surface area contributed by atoms with Gasteiger partial charge in [0.05, 0.1) is 0 Å². The van der Waals surface area contributed by atoms with E-state index in [4.69, 9.17) is 0 Å². The average molecular weight is 265 g/mol. The highest BCUT2D eigenvalue weighted by Gasteiger charge is 2.23. The summed E-state index contributed by atoms with van der Waals surface area (Å²) in [6.45, 7) is 0. The van der Waals surface area contributed by atoms with Crippen molar-refractivity contribution in [1.82, 2.24) is 4.98 Å². The van der Waals surface area contributed by atoms with Crippen LogP contribution < -0.4 is 0 Å². The fourth-order valence-corrected chi connectivity index (χ4v) is 2.76. The van der Waals surface area contributed by atoms with Gasteiger partial charge >= 0.3 is 0 Å². The molecule has 2 nitrogen and oxygen atoms in total. The van der Waals surface area contributed by atoms with Gasteiger partial charge in [0.15, 0.2) is 5.78 Å². The maximum atomic E-state index is 12.5. The second-order valence-corrected chi connectivity index (χ2v) is 5.50. The quantitative estimate of drug-likeness (QED) is 0.760. The van der Waals surface area contributed by atoms with Gasteiger partial charge in [0, 0.05) is 24.4 Å². The van der Waals surface area contributed by atoms with E-state index in [1.807, 2.05) is 36.5 Å². The number of aromatic nitrogens is 1. The van der Waals surface area contributed by atoms with Gasteiger partial charge in [-0.05, 0) is 42.4 Å². The van der Waals surface area contributed by atoms with Crippen LogP contribution in [0.1, 0.15) is 53.1 Å². The molecule has 0 spiro atoms. The molecular formula is C18H19NO. The minimum Gasteiger partial charge on any atom is -0.294 e. The summed E-state index contributed by atoms with van der Waals surface area (Å²) >= 11 is 0. The Morgan fingerprint density at radius 3 is 2.70 bits per heavy atom. The predicted octanol–water partition coefficient (Wildman–Crippen LogP) is 4.16. The molecule has 0 unspecified atom stereocenters. The molecule has 0 amide bonds. The lowest BCUT2D eigenvalue weighted by molar-refractivity contribution is 0.0981. The number of pyridine rings is 1. The van der Waals surface area contributed by atoms with Gasteiger partial charge in [-0.1, -0.05) is 36.8 Å². The summed E-state index contributed by atoms with van der Waals surface area (Å²) < 4.78 is 0. The zero-order valence-electron chi connectivity index (χ0n) is 11.6. The molecular weight excluding hydrogens is 246 g/mol. The Labute approximate surface area is 119 Å². The summed E-state index contributed by atoms with van der Waals surface area (Å²) in [6.07, 6.45) is 8.69. The Morgan fingerprint density at radius 1 is 1.15 bits per heavy atom. The monoisotopic (exact) mass is 265 g/mol. The van der Waals surface area contributed by atoms with Crippen molar-refractivity contribution in [3.63, 3.8) is 0 Å². The average Bonchev–Trinajstić information content (AvgIpc) is 2.45. The van der Waals surface area contributed by atoms with Crippen LogP contribution in [0.4, 0.5) is 0 Å². The summed E-state index contributed by atoms with van der Waals surface area (Å²) in [7, 11) is 0. The molecule has 0 bridgehead atoms. The molecule has 2 aromatic rings. The number of hydrogen-bond donors (Lipinski definition) is 0. The highest BCUT2D eigenvalue weighted by molar-refractivity contribution is 5.97. The third-order valence-corrected chi connectivity index (χ3v) is 4.17. The first kappa shape index (κ1) is 13.0. The SMILES string of the molecule is O=C(CCc1cccnc1)c1ccccc1C1CCC1. The van der Waals surface area contributed by atoms with Crippen molar-refractivity contribution in [2.75, 3.05) is 0 Å². The number of benzene rings is 1.